The minimum Gasteiger partial charge on any atom is -0.376 e. The second kappa shape index (κ2) is 9.41. The SMILES string of the molecule is CC(C)C[C@@H](c1nnnn1C[C@@H]1CCCO1)[NH+]1CCN(c2cccc(Cl)c2)CC1. The van der Waals surface area contributed by atoms with Gasteiger partial charge in [0.15, 0.2) is 0 Å². The maximum atomic E-state index is 6.19. The van der Waals surface area contributed by atoms with Crippen LogP contribution >= 0.6 is 11.6 Å². The highest BCUT2D eigenvalue weighted by atomic mass is 35.5. The molecule has 0 amide bonds. The van der Waals surface area contributed by atoms with Gasteiger partial charge >= 0.3 is 0 Å². The molecule has 7 nitrogen and oxygen atoms in total. The molecule has 2 aliphatic heterocycles. The Hall–Kier alpha value is -1.70. The van der Waals surface area contributed by atoms with Crippen molar-refractivity contribution in [3.8, 4) is 0 Å². The Morgan fingerprint density at radius 1 is 1.28 bits per heavy atom. The van der Waals surface area contributed by atoms with Crippen LogP contribution in [-0.2, 0) is 11.3 Å². The van der Waals surface area contributed by atoms with E-state index in [2.05, 4.69) is 46.4 Å². The summed E-state index contributed by atoms with van der Waals surface area (Å²) in [6.45, 7) is 10.3. The maximum Gasteiger partial charge on any atom is 0.209 e. The summed E-state index contributed by atoms with van der Waals surface area (Å²) in [5.74, 6) is 1.60. The lowest BCUT2D eigenvalue weighted by atomic mass is 10.0. The zero-order chi connectivity index (χ0) is 20.2. The second-order valence-corrected chi connectivity index (χ2v) is 9.10. The van der Waals surface area contributed by atoms with Gasteiger partial charge in [-0.3, -0.25) is 0 Å². The monoisotopic (exact) mass is 419 g/mol. The summed E-state index contributed by atoms with van der Waals surface area (Å²) in [5, 5.41) is 13.6. The van der Waals surface area contributed by atoms with Gasteiger partial charge in [-0.1, -0.05) is 31.5 Å². The molecule has 2 saturated heterocycles. The van der Waals surface area contributed by atoms with Crippen molar-refractivity contribution in [3.63, 3.8) is 0 Å². The van der Waals surface area contributed by atoms with E-state index in [1.807, 2.05) is 16.8 Å². The van der Waals surface area contributed by atoms with Crippen molar-refractivity contribution in [3.05, 3.63) is 35.1 Å². The average Bonchev–Trinajstić information content (AvgIpc) is 3.39. The fraction of sp³-hybridized carbons (Fsp3) is 0.667. The van der Waals surface area contributed by atoms with Gasteiger partial charge < -0.3 is 14.5 Å². The molecule has 0 aliphatic carbocycles. The number of hydrogen-bond donors (Lipinski definition) is 1. The molecule has 8 heteroatoms. The highest BCUT2D eigenvalue weighted by Gasteiger charge is 2.34. The van der Waals surface area contributed by atoms with Crippen molar-refractivity contribution in [2.75, 3.05) is 37.7 Å². The Labute approximate surface area is 178 Å². The lowest BCUT2D eigenvalue weighted by molar-refractivity contribution is -0.934. The van der Waals surface area contributed by atoms with E-state index in [4.69, 9.17) is 16.3 Å². The van der Waals surface area contributed by atoms with Crippen LogP contribution in [0.25, 0.3) is 0 Å². The number of quaternary nitrogens is 1. The standard InChI is InChI=1S/C21H31ClN6O/c1-16(2)13-20(21-23-24-25-28(21)15-19-7-4-12-29-19)27-10-8-26(9-11-27)18-6-3-5-17(22)14-18/h3,5-6,14,16,19-20H,4,7-13,15H2,1-2H3/p+1/t19-,20-/m0/s1. The average molecular weight is 420 g/mol. The van der Waals surface area contributed by atoms with Crippen LogP contribution in [0.5, 0.6) is 0 Å². The quantitative estimate of drug-likeness (QED) is 0.743. The van der Waals surface area contributed by atoms with Gasteiger partial charge in [0.05, 0.1) is 38.8 Å². The molecule has 0 radical (unpaired) electrons. The molecular weight excluding hydrogens is 388 g/mol. The van der Waals surface area contributed by atoms with Gasteiger partial charge in [0.2, 0.25) is 5.82 Å². The third kappa shape index (κ3) is 5.08. The van der Waals surface area contributed by atoms with Crippen molar-refractivity contribution >= 4 is 17.3 Å². The van der Waals surface area contributed by atoms with Gasteiger partial charge in [0.25, 0.3) is 0 Å². The zero-order valence-electron chi connectivity index (χ0n) is 17.4. The zero-order valence-corrected chi connectivity index (χ0v) is 18.2. The summed E-state index contributed by atoms with van der Waals surface area (Å²) >= 11 is 6.19. The Morgan fingerprint density at radius 2 is 2.10 bits per heavy atom. The molecule has 158 valence electrons. The second-order valence-electron chi connectivity index (χ2n) is 8.66. The van der Waals surface area contributed by atoms with Gasteiger partial charge in [0.1, 0.15) is 6.04 Å². The molecule has 2 fully saturated rings. The van der Waals surface area contributed by atoms with E-state index in [-0.39, 0.29) is 6.10 Å². The largest absolute Gasteiger partial charge is 0.376 e. The van der Waals surface area contributed by atoms with E-state index in [1.165, 1.54) is 5.69 Å². The van der Waals surface area contributed by atoms with Crippen LogP contribution in [0.15, 0.2) is 24.3 Å². The van der Waals surface area contributed by atoms with Gasteiger partial charge in [-0.15, -0.1) is 5.10 Å². The molecule has 0 saturated carbocycles. The Kier molecular flexibility index (Phi) is 6.67. The molecule has 1 aromatic carbocycles. The van der Waals surface area contributed by atoms with E-state index in [1.54, 1.807) is 4.90 Å². The van der Waals surface area contributed by atoms with Crippen molar-refractivity contribution in [1.82, 2.24) is 20.2 Å². The van der Waals surface area contributed by atoms with Crippen LogP contribution in [0, 0.1) is 5.92 Å². The summed E-state index contributed by atoms with van der Waals surface area (Å²) in [5.41, 5.74) is 1.21. The van der Waals surface area contributed by atoms with Crippen LogP contribution in [0.2, 0.25) is 5.02 Å². The van der Waals surface area contributed by atoms with Crippen LogP contribution in [-0.4, -0.2) is 59.1 Å². The van der Waals surface area contributed by atoms with E-state index in [0.717, 1.165) is 69.4 Å². The first-order chi connectivity index (χ1) is 14.1. The highest BCUT2D eigenvalue weighted by molar-refractivity contribution is 6.30. The summed E-state index contributed by atoms with van der Waals surface area (Å²) in [6, 6.07) is 8.47. The van der Waals surface area contributed by atoms with Crippen LogP contribution < -0.4 is 9.80 Å². The molecule has 3 heterocycles. The molecule has 1 N–H and O–H groups in total. The first kappa shape index (κ1) is 20.6. The van der Waals surface area contributed by atoms with Gasteiger partial charge in [-0.05, 0) is 47.4 Å². The fourth-order valence-electron chi connectivity index (χ4n) is 4.57. The predicted molar refractivity (Wildman–Crippen MR) is 113 cm³/mol. The molecule has 0 unspecified atom stereocenters. The van der Waals surface area contributed by atoms with Gasteiger partial charge in [-0.25, -0.2) is 4.68 Å². The molecule has 0 bridgehead atoms. The minimum atomic E-state index is 0.242. The molecular formula is C21H32ClN6O+. The molecule has 2 aliphatic rings. The molecule has 29 heavy (non-hydrogen) atoms. The fourth-order valence-corrected chi connectivity index (χ4v) is 4.76. The van der Waals surface area contributed by atoms with Crippen molar-refractivity contribution < 1.29 is 9.64 Å². The third-order valence-electron chi connectivity index (χ3n) is 6.05. The topological polar surface area (TPSA) is 60.5 Å². The number of nitrogens with one attached hydrogen (secondary N) is 1. The number of piperazine rings is 1. The van der Waals surface area contributed by atoms with Crippen LogP contribution in [0.1, 0.15) is 45.0 Å². The number of tetrazole rings is 1. The minimum absolute atomic E-state index is 0.242. The molecule has 2 atom stereocenters. The first-order valence-corrected chi connectivity index (χ1v) is 11.2. The molecule has 4 rings (SSSR count). The number of ether oxygens (including phenoxy) is 1. The lowest BCUT2D eigenvalue weighted by Crippen LogP contribution is -3.15. The summed E-state index contributed by atoms with van der Waals surface area (Å²) in [7, 11) is 0. The first-order valence-electron chi connectivity index (χ1n) is 10.8. The maximum absolute atomic E-state index is 6.19. The smallest absolute Gasteiger partial charge is 0.209 e. The van der Waals surface area contributed by atoms with E-state index < -0.39 is 0 Å². The predicted octanol–water partition coefficient (Wildman–Crippen LogP) is 2.00. The van der Waals surface area contributed by atoms with E-state index in [9.17, 15) is 0 Å². The number of halogens is 1. The third-order valence-corrected chi connectivity index (χ3v) is 6.29. The lowest BCUT2D eigenvalue weighted by Gasteiger charge is -2.37. The molecule has 2 aromatic rings. The summed E-state index contributed by atoms with van der Waals surface area (Å²) in [4.78, 5) is 4.00. The highest BCUT2D eigenvalue weighted by Crippen LogP contribution is 2.22. The normalized spacial score (nSPS) is 21.8. The molecule has 1 aromatic heterocycles. The number of nitrogens with zero attached hydrogens (tertiary/aromatic N) is 5. The Balaban J connectivity index is 1.46. The summed E-state index contributed by atoms with van der Waals surface area (Å²) in [6.07, 6.45) is 3.55. The van der Waals surface area contributed by atoms with E-state index in [0.29, 0.717) is 12.0 Å². The number of rotatable bonds is 7. The Morgan fingerprint density at radius 3 is 2.79 bits per heavy atom. The van der Waals surface area contributed by atoms with Crippen molar-refractivity contribution in [2.24, 2.45) is 5.92 Å². The van der Waals surface area contributed by atoms with Crippen LogP contribution in [0.4, 0.5) is 5.69 Å². The van der Waals surface area contributed by atoms with E-state index >= 15 is 0 Å². The van der Waals surface area contributed by atoms with Crippen molar-refractivity contribution in [1.29, 1.82) is 0 Å². The number of anilines is 1. The number of benzene rings is 1. The van der Waals surface area contributed by atoms with Gasteiger partial charge in [-0.2, -0.15) is 0 Å². The Bertz CT molecular complexity index is 783. The van der Waals surface area contributed by atoms with Crippen molar-refractivity contribution in [2.45, 2.75) is 51.8 Å². The van der Waals surface area contributed by atoms with Crippen LogP contribution in [0.3, 0.4) is 0 Å². The summed E-state index contributed by atoms with van der Waals surface area (Å²) < 4.78 is 7.82. The molecule has 0 spiro atoms. The number of hydrogen-bond acceptors (Lipinski definition) is 5. The van der Waals surface area contributed by atoms with Gasteiger partial charge in [0, 0.05) is 23.7 Å². The number of aromatic nitrogens is 4.